The lowest BCUT2D eigenvalue weighted by Crippen LogP contribution is -2.42. The molecular formula is C21H19N3O3. The molecule has 4 rings (SSSR count). The fourth-order valence-corrected chi connectivity index (χ4v) is 3.16. The third-order valence-electron chi connectivity index (χ3n) is 4.60. The summed E-state index contributed by atoms with van der Waals surface area (Å²) >= 11 is 0. The Bertz CT molecular complexity index is 949. The van der Waals surface area contributed by atoms with Crippen LogP contribution in [0.3, 0.4) is 0 Å². The van der Waals surface area contributed by atoms with Crippen molar-refractivity contribution < 1.29 is 14.3 Å². The Morgan fingerprint density at radius 3 is 2.74 bits per heavy atom. The molecule has 27 heavy (non-hydrogen) atoms. The number of nitrogens with zero attached hydrogens (tertiary/aromatic N) is 2. The van der Waals surface area contributed by atoms with Crippen LogP contribution >= 0.6 is 0 Å². The second-order valence-corrected chi connectivity index (χ2v) is 6.41. The van der Waals surface area contributed by atoms with Crippen LogP contribution in [-0.2, 0) is 22.4 Å². The Morgan fingerprint density at radius 1 is 1.15 bits per heavy atom. The molecule has 0 aliphatic carbocycles. The fraction of sp³-hybridized carbons (Fsp3) is 0.190. The molecule has 0 bridgehead atoms. The lowest BCUT2D eigenvalue weighted by molar-refractivity contribution is -0.130. The van der Waals surface area contributed by atoms with Crippen LogP contribution in [-0.4, -0.2) is 34.3 Å². The Morgan fingerprint density at radius 2 is 1.96 bits per heavy atom. The second kappa shape index (κ2) is 7.45. The Kier molecular flexibility index (Phi) is 4.70. The molecular weight excluding hydrogens is 342 g/mol. The van der Waals surface area contributed by atoms with Gasteiger partial charge >= 0.3 is 5.97 Å². The molecule has 1 N–H and O–H groups in total. The average molecular weight is 361 g/mol. The van der Waals surface area contributed by atoms with E-state index in [1.165, 1.54) is 0 Å². The molecule has 2 aromatic carbocycles. The molecule has 0 saturated heterocycles. The first-order valence-corrected chi connectivity index (χ1v) is 8.86. The third kappa shape index (κ3) is 3.74. The first-order valence-electron chi connectivity index (χ1n) is 8.86. The minimum atomic E-state index is -0.769. The van der Waals surface area contributed by atoms with Gasteiger partial charge in [0.1, 0.15) is 0 Å². The summed E-state index contributed by atoms with van der Waals surface area (Å²) in [6.45, 7) is 0.482. The lowest BCUT2D eigenvalue weighted by atomic mass is 9.98. The van der Waals surface area contributed by atoms with Gasteiger partial charge in [0, 0.05) is 25.4 Å². The van der Waals surface area contributed by atoms with Crippen molar-refractivity contribution >= 4 is 11.9 Å². The topological polar surface area (TPSA) is 73.2 Å². The van der Waals surface area contributed by atoms with Crippen LogP contribution in [0.2, 0.25) is 0 Å². The number of fused-ring (bicyclic) bond motifs is 1. The largest absolute Gasteiger partial charge is 0.448 e. The molecule has 0 radical (unpaired) electrons. The van der Waals surface area contributed by atoms with E-state index in [4.69, 9.17) is 4.74 Å². The predicted molar refractivity (Wildman–Crippen MR) is 99.6 cm³/mol. The predicted octanol–water partition coefficient (Wildman–Crippen LogP) is 2.31. The van der Waals surface area contributed by atoms with Crippen LogP contribution in [0.1, 0.15) is 21.5 Å². The summed E-state index contributed by atoms with van der Waals surface area (Å²) in [4.78, 5) is 24.4. The monoisotopic (exact) mass is 361 g/mol. The van der Waals surface area contributed by atoms with Crippen molar-refractivity contribution in [1.82, 2.24) is 15.1 Å². The molecule has 1 unspecified atom stereocenters. The Labute approximate surface area is 156 Å². The summed E-state index contributed by atoms with van der Waals surface area (Å²) < 4.78 is 7.07. The number of esters is 1. The van der Waals surface area contributed by atoms with E-state index < -0.39 is 12.1 Å². The van der Waals surface area contributed by atoms with Gasteiger partial charge in [-0.25, -0.2) is 9.48 Å². The average Bonchev–Trinajstić information content (AvgIpc) is 3.23. The van der Waals surface area contributed by atoms with Crippen LogP contribution in [0.15, 0.2) is 67.0 Å². The summed E-state index contributed by atoms with van der Waals surface area (Å²) in [5, 5.41) is 7.05. The summed E-state index contributed by atoms with van der Waals surface area (Å²) in [6.07, 6.45) is 3.96. The number of hydrogen-bond donors (Lipinski definition) is 1. The Hall–Kier alpha value is -3.41. The summed E-state index contributed by atoms with van der Waals surface area (Å²) in [6, 6.07) is 17.1. The minimum absolute atomic E-state index is 0.258. The van der Waals surface area contributed by atoms with Gasteiger partial charge in [-0.3, -0.25) is 4.79 Å². The van der Waals surface area contributed by atoms with Gasteiger partial charge in [0.05, 0.1) is 11.3 Å². The molecule has 1 aliphatic heterocycles. The van der Waals surface area contributed by atoms with Gasteiger partial charge in [-0.1, -0.05) is 30.3 Å². The van der Waals surface area contributed by atoms with Gasteiger partial charge in [0.25, 0.3) is 5.91 Å². The summed E-state index contributed by atoms with van der Waals surface area (Å²) in [7, 11) is 0. The molecule has 1 amide bonds. The zero-order valence-electron chi connectivity index (χ0n) is 14.7. The van der Waals surface area contributed by atoms with E-state index in [1.54, 1.807) is 23.0 Å². The van der Waals surface area contributed by atoms with Gasteiger partial charge in [-0.15, -0.1) is 0 Å². The van der Waals surface area contributed by atoms with Crippen molar-refractivity contribution in [1.29, 1.82) is 0 Å². The summed E-state index contributed by atoms with van der Waals surface area (Å²) in [5.41, 5.74) is 3.49. The molecule has 6 nitrogen and oxygen atoms in total. The molecule has 6 heteroatoms. The highest BCUT2D eigenvalue weighted by Crippen LogP contribution is 2.20. The highest BCUT2D eigenvalue weighted by molar-refractivity contribution is 5.95. The molecule has 1 aliphatic rings. The Balaban J connectivity index is 1.30. The zero-order valence-corrected chi connectivity index (χ0v) is 14.7. The second-order valence-electron chi connectivity index (χ2n) is 6.41. The van der Waals surface area contributed by atoms with Crippen LogP contribution in [0.4, 0.5) is 0 Å². The van der Waals surface area contributed by atoms with E-state index in [0.717, 1.165) is 16.8 Å². The van der Waals surface area contributed by atoms with Gasteiger partial charge in [0.2, 0.25) is 0 Å². The van der Waals surface area contributed by atoms with Gasteiger partial charge in [-0.2, -0.15) is 5.10 Å². The number of aromatic nitrogens is 2. The molecule has 0 saturated carbocycles. The van der Waals surface area contributed by atoms with Gasteiger partial charge in [0.15, 0.2) is 6.10 Å². The van der Waals surface area contributed by atoms with E-state index >= 15 is 0 Å². The van der Waals surface area contributed by atoms with Gasteiger partial charge < -0.3 is 10.1 Å². The number of hydrogen-bond acceptors (Lipinski definition) is 4. The van der Waals surface area contributed by atoms with Crippen molar-refractivity contribution in [2.75, 3.05) is 6.54 Å². The molecule has 136 valence electrons. The molecule has 1 atom stereocenters. The maximum absolute atomic E-state index is 12.4. The van der Waals surface area contributed by atoms with E-state index in [9.17, 15) is 9.59 Å². The third-order valence-corrected chi connectivity index (χ3v) is 4.60. The molecule has 0 fully saturated rings. The van der Waals surface area contributed by atoms with E-state index in [2.05, 4.69) is 10.4 Å². The molecule has 3 aromatic rings. The summed E-state index contributed by atoms with van der Waals surface area (Å²) in [5.74, 6) is -0.697. The lowest BCUT2D eigenvalue weighted by Gasteiger charge is -2.23. The number of ether oxygens (including phenoxy) is 1. The van der Waals surface area contributed by atoms with Crippen LogP contribution in [0.5, 0.6) is 0 Å². The minimum Gasteiger partial charge on any atom is -0.448 e. The number of amides is 1. The number of carbonyl (C=O) groups is 2. The van der Waals surface area contributed by atoms with E-state index in [1.807, 2.05) is 48.7 Å². The van der Waals surface area contributed by atoms with Crippen molar-refractivity contribution in [2.24, 2.45) is 0 Å². The number of benzene rings is 2. The highest BCUT2D eigenvalue weighted by Gasteiger charge is 2.30. The molecule has 2 heterocycles. The van der Waals surface area contributed by atoms with Crippen molar-refractivity contribution in [3.05, 3.63) is 83.7 Å². The first-order chi connectivity index (χ1) is 13.2. The van der Waals surface area contributed by atoms with Crippen LogP contribution < -0.4 is 5.32 Å². The van der Waals surface area contributed by atoms with Crippen molar-refractivity contribution in [3.8, 4) is 5.69 Å². The zero-order chi connectivity index (χ0) is 18.6. The van der Waals surface area contributed by atoms with Crippen LogP contribution in [0, 0.1) is 0 Å². The maximum atomic E-state index is 12.4. The number of nitrogens with one attached hydrogen (secondary N) is 1. The molecule has 0 spiro atoms. The normalized spacial score (nSPS) is 15.7. The number of carbonyl (C=O) groups excluding carboxylic acids is 2. The quantitative estimate of drug-likeness (QED) is 0.708. The first kappa shape index (κ1) is 17.0. The standard InChI is InChI=1S/C21H19N3O3/c25-20(19-14-16-4-1-2-5-18(16)21(26)27-19)22-12-10-15-6-8-17(9-7-15)24-13-3-11-23-24/h1-9,11,13,19H,10,12,14H2,(H,22,25). The maximum Gasteiger partial charge on any atom is 0.339 e. The SMILES string of the molecule is O=C1OC(C(=O)NCCc2ccc(-n3cccn3)cc2)Cc2ccccc21. The van der Waals surface area contributed by atoms with E-state index in [-0.39, 0.29) is 5.91 Å². The smallest absolute Gasteiger partial charge is 0.339 e. The van der Waals surface area contributed by atoms with Crippen molar-refractivity contribution in [3.63, 3.8) is 0 Å². The molecule has 1 aromatic heterocycles. The number of rotatable bonds is 5. The van der Waals surface area contributed by atoms with E-state index in [0.29, 0.717) is 24.9 Å². The highest BCUT2D eigenvalue weighted by atomic mass is 16.5. The fourth-order valence-electron chi connectivity index (χ4n) is 3.16. The van der Waals surface area contributed by atoms with Crippen molar-refractivity contribution in [2.45, 2.75) is 18.9 Å². The van der Waals surface area contributed by atoms with Gasteiger partial charge in [-0.05, 0) is 41.8 Å². The number of cyclic esters (lactones) is 1. The van der Waals surface area contributed by atoms with Crippen LogP contribution in [0.25, 0.3) is 5.69 Å².